The van der Waals surface area contributed by atoms with Crippen LogP contribution in [0.15, 0.2) is 12.1 Å². The molecule has 1 unspecified atom stereocenters. The van der Waals surface area contributed by atoms with Gasteiger partial charge in [0.2, 0.25) is 5.91 Å². The van der Waals surface area contributed by atoms with Crippen LogP contribution in [0, 0.1) is 28.9 Å². The van der Waals surface area contributed by atoms with Crippen LogP contribution in [0.1, 0.15) is 12.0 Å². The van der Waals surface area contributed by atoms with Gasteiger partial charge in [0.25, 0.3) is 0 Å². The standard InChI is InChI=1S/C12H11F2N3O/c13-9-3-11(10(14)2-8(9)5-16)17-6-7(4-15)1-12(17)18/h2-3,7H,1,4,6,15H2. The summed E-state index contributed by atoms with van der Waals surface area (Å²) in [6.07, 6.45) is 0.234. The summed E-state index contributed by atoms with van der Waals surface area (Å²) in [7, 11) is 0. The minimum atomic E-state index is -0.835. The summed E-state index contributed by atoms with van der Waals surface area (Å²) < 4.78 is 27.2. The average Bonchev–Trinajstić information content (AvgIpc) is 2.73. The van der Waals surface area contributed by atoms with Crippen LogP contribution in [0.3, 0.4) is 0 Å². The Bertz CT molecular complexity index is 539. The van der Waals surface area contributed by atoms with E-state index in [1.54, 1.807) is 6.07 Å². The maximum Gasteiger partial charge on any atom is 0.227 e. The van der Waals surface area contributed by atoms with Crippen molar-refractivity contribution in [2.45, 2.75) is 6.42 Å². The van der Waals surface area contributed by atoms with Crippen LogP contribution in [0.4, 0.5) is 14.5 Å². The number of hydrogen-bond acceptors (Lipinski definition) is 3. The van der Waals surface area contributed by atoms with Gasteiger partial charge >= 0.3 is 0 Å². The molecule has 18 heavy (non-hydrogen) atoms. The largest absolute Gasteiger partial charge is 0.330 e. The molecule has 2 N–H and O–H groups in total. The second-order valence-electron chi connectivity index (χ2n) is 4.21. The highest BCUT2D eigenvalue weighted by molar-refractivity contribution is 5.95. The number of carbonyl (C=O) groups is 1. The van der Waals surface area contributed by atoms with E-state index in [0.717, 1.165) is 12.1 Å². The molecule has 1 amide bonds. The van der Waals surface area contributed by atoms with Crippen LogP contribution in [0.2, 0.25) is 0 Å². The van der Waals surface area contributed by atoms with E-state index in [-0.39, 0.29) is 36.0 Å². The molecule has 0 bridgehead atoms. The second-order valence-corrected chi connectivity index (χ2v) is 4.21. The zero-order valence-corrected chi connectivity index (χ0v) is 9.49. The van der Waals surface area contributed by atoms with E-state index in [0.29, 0.717) is 6.54 Å². The summed E-state index contributed by atoms with van der Waals surface area (Å²) in [5.41, 5.74) is 4.95. The molecule has 0 aliphatic carbocycles. The van der Waals surface area contributed by atoms with Crippen molar-refractivity contribution in [2.24, 2.45) is 11.7 Å². The summed E-state index contributed by atoms with van der Waals surface area (Å²) in [5, 5.41) is 8.58. The first-order chi connectivity index (χ1) is 8.56. The molecular formula is C12H11F2N3O. The summed E-state index contributed by atoms with van der Waals surface area (Å²) in [4.78, 5) is 12.9. The lowest BCUT2D eigenvalue weighted by molar-refractivity contribution is -0.117. The Morgan fingerprint density at radius 2 is 2.17 bits per heavy atom. The predicted molar refractivity (Wildman–Crippen MR) is 60.6 cm³/mol. The van der Waals surface area contributed by atoms with E-state index in [2.05, 4.69) is 0 Å². The van der Waals surface area contributed by atoms with Gasteiger partial charge in [-0.2, -0.15) is 5.26 Å². The van der Waals surface area contributed by atoms with Crippen molar-refractivity contribution in [3.05, 3.63) is 29.3 Å². The molecule has 1 aliphatic rings. The van der Waals surface area contributed by atoms with Gasteiger partial charge in [-0.1, -0.05) is 0 Å². The molecule has 0 aromatic heterocycles. The third-order valence-corrected chi connectivity index (χ3v) is 2.99. The van der Waals surface area contributed by atoms with Crippen molar-refractivity contribution in [3.8, 4) is 6.07 Å². The van der Waals surface area contributed by atoms with Crippen LogP contribution in [-0.4, -0.2) is 19.0 Å². The van der Waals surface area contributed by atoms with Gasteiger partial charge in [0.15, 0.2) is 0 Å². The van der Waals surface area contributed by atoms with E-state index in [4.69, 9.17) is 11.0 Å². The fourth-order valence-corrected chi connectivity index (χ4v) is 2.00. The van der Waals surface area contributed by atoms with Crippen molar-refractivity contribution < 1.29 is 13.6 Å². The fraction of sp³-hybridized carbons (Fsp3) is 0.333. The molecule has 2 rings (SSSR count). The molecule has 1 saturated heterocycles. The molecule has 0 radical (unpaired) electrons. The first-order valence-electron chi connectivity index (χ1n) is 5.46. The van der Waals surface area contributed by atoms with Crippen LogP contribution in [-0.2, 0) is 4.79 Å². The van der Waals surface area contributed by atoms with Gasteiger partial charge in [0.05, 0.1) is 11.3 Å². The monoisotopic (exact) mass is 251 g/mol. The van der Waals surface area contributed by atoms with E-state index < -0.39 is 11.6 Å². The highest BCUT2D eigenvalue weighted by atomic mass is 19.1. The van der Waals surface area contributed by atoms with Gasteiger partial charge in [-0.15, -0.1) is 0 Å². The van der Waals surface area contributed by atoms with Gasteiger partial charge < -0.3 is 10.6 Å². The molecule has 0 saturated carbocycles. The van der Waals surface area contributed by atoms with E-state index in [9.17, 15) is 13.6 Å². The van der Waals surface area contributed by atoms with Crippen LogP contribution >= 0.6 is 0 Å². The van der Waals surface area contributed by atoms with E-state index in [1.807, 2.05) is 0 Å². The summed E-state index contributed by atoms with van der Waals surface area (Å²) >= 11 is 0. The van der Waals surface area contributed by atoms with Gasteiger partial charge in [-0.3, -0.25) is 4.79 Å². The van der Waals surface area contributed by atoms with Crippen molar-refractivity contribution in [1.82, 2.24) is 0 Å². The summed E-state index contributed by atoms with van der Waals surface area (Å²) in [5.74, 6) is -1.94. The Hall–Kier alpha value is -2.00. The summed E-state index contributed by atoms with van der Waals surface area (Å²) in [6.45, 7) is 0.597. The predicted octanol–water partition coefficient (Wildman–Crippen LogP) is 1.15. The van der Waals surface area contributed by atoms with Gasteiger partial charge in [-0.05, 0) is 18.5 Å². The molecule has 1 aliphatic heterocycles. The van der Waals surface area contributed by atoms with Crippen LogP contribution in [0.5, 0.6) is 0 Å². The number of benzene rings is 1. The third-order valence-electron chi connectivity index (χ3n) is 2.99. The third kappa shape index (κ3) is 2.05. The Kier molecular flexibility index (Phi) is 3.26. The molecule has 1 aromatic rings. The number of nitrogens with zero attached hydrogens (tertiary/aromatic N) is 2. The quantitative estimate of drug-likeness (QED) is 0.857. The molecule has 0 spiro atoms. The normalized spacial score (nSPS) is 19.1. The Labute approximate surface area is 103 Å². The topological polar surface area (TPSA) is 70.1 Å². The summed E-state index contributed by atoms with van der Waals surface area (Å²) in [6, 6.07) is 3.23. The van der Waals surface area contributed by atoms with Crippen molar-refractivity contribution in [2.75, 3.05) is 18.0 Å². The Morgan fingerprint density at radius 3 is 2.72 bits per heavy atom. The highest BCUT2D eigenvalue weighted by Crippen LogP contribution is 2.28. The number of halogens is 2. The fourth-order valence-electron chi connectivity index (χ4n) is 2.00. The molecule has 1 aromatic carbocycles. The van der Waals surface area contributed by atoms with Gasteiger partial charge in [-0.25, -0.2) is 8.78 Å². The number of nitriles is 1. The number of nitrogens with two attached hydrogens (primary N) is 1. The first-order valence-corrected chi connectivity index (χ1v) is 5.46. The lowest BCUT2D eigenvalue weighted by Crippen LogP contribution is -2.26. The average molecular weight is 251 g/mol. The van der Waals surface area contributed by atoms with Crippen molar-refractivity contribution in [3.63, 3.8) is 0 Å². The van der Waals surface area contributed by atoms with Crippen LogP contribution < -0.4 is 10.6 Å². The van der Waals surface area contributed by atoms with Gasteiger partial charge in [0.1, 0.15) is 17.7 Å². The molecule has 6 heteroatoms. The maximum atomic E-state index is 13.7. The second kappa shape index (κ2) is 4.70. The van der Waals surface area contributed by atoms with E-state index >= 15 is 0 Å². The lowest BCUT2D eigenvalue weighted by Gasteiger charge is -2.17. The highest BCUT2D eigenvalue weighted by Gasteiger charge is 2.31. The minimum Gasteiger partial charge on any atom is -0.330 e. The molecule has 1 fully saturated rings. The van der Waals surface area contributed by atoms with E-state index in [1.165, 1.54) is 4.90 Å². The SMILES string of the molecule is N#Cc1cc(F)c(N2CC(CN)CC2=O)cc1F. The number of anilines is 1. The maximum absolute atomic E-state index is 13.7. The van der Waals surface area contributed by atoms with Gasteiger partial charge in [0, 0.05) is 19.0 Å². The first kappa shape index (κ1) is 12.5. The molecule has 4 nitrogen and oxygen atoms in total. The van der Waals surface area contributed by atoms with Crippen LogP contribution in [0.25, 0.3) is 0 Å². The number of carbonyl (C=O) groups excluding carboxylic acids is 1. The lowest BCUT2D eigenvalue weighted by atomic mass is 10.1. The Balaban J connectivity index is 2.38. The zero-order valence-electron chi connectivity index (χ0n) is 9.49. The number of rotatable bonds is 2. The van der Waals surface area contributed by atoms with Crippen molar-refractivity contribution >= 4 is 11.6 Å². The molecule has 1 heterocycles. The molecular weight excluding hydrogens is 240 g/mol. The smallest absolute Gasteiger partial charge is 0.227 e. The number of amides is 1. The Morgan fingerprint density at radius 1 is 1.44 bits per heavy atom. The van der Waals surface area contributed by atoms with Crippen molar-refractivity contribution in [1.29, 1.82) is 5.26 Å². The minimum absolute atomic E-state index is 0.0457. The zero-order chi connectivity index (χ0) is 13.3. The molecule has 94 valence electrons. The molecule has 1 atom stereocenters. The number of hydrogen-bond donors (Lipinski definition) is 1.